The first-order valence-electron chi connectivity index (χ1n) is 7.67. The molecule has 3 aromatic heterocycles. The number of rotatable bonds is 3. The standard InChI is InChI=1S/C17H17N5S/c1-2-6-18-16(5-1)21-7-9-22(10-8-21)17-19-12-14(13-20-17)15-4-3-11-23-15/h1-6,11-13H,7-10H2. The van der Waals surface area contributed by atoms with Crippen LogP contribution in [0.1, 0.15) is 0 Å². The van der Waals surface area contributed by atoms with Crippen molar-refractivity contribution in [3.63, 3.8) is 0 Å². The molecule has 5 nitrogen and oxygen atoms in total. The topological polar surface area (TPSA) is 45.2 Å². The zero-order valence-corrected chi connectivity index (χ0v) is 13.5. The lowest BCUT2D eigenvalue weighted by Crippen LogP contribution is -2.47. The molecule has 3 aromatic rings. The zero-order chi connectivity index (χ0) is 15.5. The summed E-state index contributed by atoms with van der Waals surface area (Å²) < 4.78 is 0. The van der Waals surface area contributed by atoms with E-state index in [0.29, 0.717) is 0 Å². The smallest absolute Gasteiger partial charge is 0.225 e. The summed E-state index contributed by atoms with van der Waals surface area (Å²) in [5.74, 6) is 1.85. The number of aromatic nitrogens is 3. The van der Waals surface area contributed by atoms with Crippen LogP contribution >= 0.6 is 11.3 Å². The number of hydrogen-bond acceptors (Lipinski definition) is 6. The highest BCUT2D eigenvalue weighted by atomic mass is 32.1. The lowest BCUT2D eigenvalue weighted by molar-refractivity contribution is 0.635. The van der Waals surface area contributed by atoms with Gasteiger partial charge in [-0.15, -0.1) is 11.3 Å². The summed E-state index contributed by atoms with van der Waals surface area (Å²) in [5, 5.41) is 2.07. The average molecular weight is 323 g/mol. The van der Waals surface area contributed by atoms with Crippen molar-refractivity contribution in [3.05, 3.63) is 54.3 Å². The van der Waals surface area contributed by atoms with Gasteiger partial charge >= 0.3 is 0 Å². The van der Waals surface area contributed by atoms with E-state index in [1.54, 1.807) is 11.3 Å². The van der Waals surface area contributed by atoms with Crippen molar-refractivity contribution in [3.8, 4) is 10.4 Å². The van der Waals surface area contributed by atoms with E-state index in [4.69, 9.17) is 0 Å². The molecule has 0 spiro atoms. The van der Waals surface area contributed by atoms with Crippen LogP contribution in [0, 0.1) is 0 Å². The predicted molar refractivity (Wildman–Crippen MR) is 94.0 cm³/mol. The SMILES string of the molecule is c1ccc(N2CCN(c3ncc(-c4cccs4)cn3)CC2)nc1. The highest BCUT2D eigenvalue weighted by molar-refractivity contribution is 7.13. The summed E-state index contributed by atoms with van der Waals surface area (Å²) in [6.07, 6.45) is 5.67. The van der Waals surface area contributed by atoms with E-state index in [2.05, 4.69) is 42.3 Å². The highest BCUT2D eigenvalue weighted by Gasteiger charge is 2.19. The number of anilines is 2. The Bertz CT molecular complexity index is 734. The Labute approximate surface area is 139 Å². The lowest BCUT2D eigenvalue weighted by Gasteiger charge is -2.35. The van der Waals surface area contributed by atoms with Gasteiger partial charge in [-0.05, 0) is 23.6 Å². The molecule has 0 aliphatic carbocycles. The van der Waals surface area contributed by atoms with Crippen molar-refractivity contribution in [2.24, 2.45) is 0 Å². The molecule has 1 fully saturated rings. The fraction of sp³-hybridized carbons (Fsp3) is 0.235. The van der Waals surface area contributed by atoms with Crippen molar-refractivity contribution in [1.29, 1.82) is 0 Å². The summed E-state index contributed by atoms with van der Waals surface area (Å²) in [6, 6.07) is 10.2. The van der Waals surface area contributed by atoms with Gasteiger partial charge in [0, 0.05) is 55.2 Å². The maximum atomic E-state index is 4.54. The van der Waals surface area contributed by atoms with Crippen LogP contribution < -0.4 is 9.80 Å². The molecular formula is C17H17N5S. The molecule has 0 N–H and O–H groups in total. The maximum absolute atomic E-state index is 4.54. The first-order valence-corrected chi connectivity index (χ1v) is 8.55. The number of pyridine rings is 1. The van der Waals surface area contributed by atoms with Gasteiger partial charge in [-0.25, -0.2) is 15.0 Å². The first-order chi connectivity index (χ1) is 11.4. The van der Waals surface area contributed by atoms with Crippen LogP contribution in [0.4, 0.5) is 11.8 Å². The van der Waals surface area contributed by atoms with Gasteiger partial charge in [0.2, 0.25) is 5.95 Å². The number of nitrogens with zero attached hydrogens (tertiary/aromatic N) is 5. The third-order valence-corrected chi connectivity index (χ3v) is 4.90. The summed E-state index contributed by atoms with van der Waals surface area (Å²) in [6.45, 7) is 3.70. The van der Waals surface area contributed by atoms with Crippen LogP contribution in [0.3, 0.4) is 0 Å². The van der Waals surface area contributed by atoms with Crippen LogP contribution in [0.15, 0.2) is 54.3 Å². The summed E-state index contributed by atoms with van der Waals surface area (Å²) >= 11 is 1.71. The molecule has 6 heteroatoms. The van der Waals surface area contributed by atoms with Crippen molar-refractivity contribution in [2.45, 2.75) is 0 Å². The predicted octanol–water partition coefficient (Wildman–Crippen LogP) is 2.93. The number of piperazine rings is 1. The van der Waals surface area contributed by atoms with Crippen molar-refractivity contribution in [2.75, 3.05) is 36.0 Å². The van der Waals surface area contributed by atoms with Gasteiger partial charge in [-0.3, -0.25) is 0 Å². The fourth-order valence-corrected chi connectivity index (χ4v) is 3.43. The van der Waals surface area contributed by atoms with Gasteiger partial charge in [0.1, 0.15) is 5.82 Å². The fourth-order valence-electron chi connectivity index (χ4n) is 2.73. The second-order valence-corrected chi connectivity index (χ2v) is 6.36. The number of thiophene rings is 1. The lowest BCUT2D eigenvalue weighted by atomic mass is 10.3. The van der Waals surface area contributed by atoms with Crippen molar-refractivity contribution < 1.29 is 0 Å². The first kappa shape index (κ1) is 14.1. The minimum atomic E-state index is 0.811. The normalized spacial score (nSPS) is 15.0. The zero-order valence-electron chi connectivity index (χ0n) is 12.7. The molecule has 23 heavy (non-hydrogen) atoms. The van der Waals surface area contributed by atoms with Crippen LogP contribution in [-0.2, 0) is 0 Å². The molecule has 116 valence electrons. The van der Waals surface area contributed by atoms with Crippen LogP contribution in [0.2, 0.25) is 0 Å². The van der Waals surface area contributed by atoms with Gasteiger partial charge < -0.3 is 9.80 Å². The second-order valence-electron chi connectivity index (χ2n) is 5.41. The van der Waals surface area contributed by atoms with E-state index in [9.17, 15) is 0 Å². The van der Waals surface area contributed by atoms with Crippen molar-refractivity contribution >= 4 is 23.1 Å². The number of hydrogen-bond donors (Lipinski definition) is 0. The maximum Gasteiger partial charge on any atom is 0.225 e. The van der Waals surface area contributed by atoms with Gasteiger partial charge in [-0.1, -0.05) is 12.1 Å². The van der Waals surface area contributed by atoms with Crippen LogP contribution in [0.25, 0.3) is 10.4 Å². The van der Waals surface area contributed by atoms with Gasteiger partial charge in [0.15, 0.2) is 0 Å². The summed E-state index contributed by atoms with van der Waals surface area (Å²) in [5.41, 5.74) is 1.08. The minimum absolute atomic E-state index is 0.811. The molecule has 4 heterocycles. The monoisotopic (exact) mass is 323 g/mol. The summed E-state index contributed by atoms with van der Waals surface area (Å²) in [4.78, 5) is 19.2. The molecule has 4 rings (SSSR count). The Balaban J connectivity index is 1.42. The molecule has 1 aliphatic rings. The molecule has 0 bridgehead atoms. The highest BCUT2D eigenvalue weighted by Crippen LogP contribution is 2.24. The molecule has 0 unspecified atom stereocenters. The largest absolute Gasteiger partial charge is 0.353 e. The molecule has 0 atom stereocenters. The van der Waals surface area contributed by atoms with E-state index >= 15 is 0 Å². The van der Waals surface area contributed by atoms with E-state index in [1.807, 2.05) is 36.8 Å². The molecule has 1 aliphatic heterocycles. The molecule has 0 aromatic carbocycles. The van der Waals surface area contributed by atoms with Crippen molar-refractivity contribution in [1.82, 2.24) is 15.0 Å². The molecule has 1 saturated heterocycles. The molecule has 0 saturated carbocycles. The second kappa shape index (κ2) is 6.34. The summed E-state index contributed by atoms with van der Waals surface area (Å²) in [7, 11) is 0. The molecular weight excluding hydrogens is 306 g/mol. The Morgan fingerprint density at radius 3 is 2.26 bits per heavy atom. The molecule has 0 amide bonds. The van der Waals surface area contributed by atoms with Crippen LogP contribution in [0.5, 0.6) is 0 Å². The van der Waals surface area contributed by atoms with E-state index < -0.39 is 0 Å². The van der Waals surface area contributed by atoms with Gasteiger partial charge in [-0.2, -0.15) is 0 Å². The Kier molecular flexibility index (Phi) is 3.90. The Hall–Kier alpha value is -2.47. The third-order valence-electron chi connectivity index (χ3n) is 3.98. The average Bonchev–Trinajstić information content (AvgIpc) is 3.18. The Morgan fingerprint density at radius 1 is 0.826 bits per heavy atom. The van der Waals surface area contributed by atoms with E-state index in [0.717, 1.165) is 43.5 Å². The van der Waals surface area contributed by atoms with E-state index in [1.165, 1.54) is 4.88 Å². The quantitative estimate of drug-likeness (QED) is 0.741. The van der Waals surface area contributed by atoms with Crippen LogP contribution in [-0.4, -0.2) is 41.1 Å². The van der Waals surface area contributed by atoms with E-state index in [-0.39, 0.29) is 0 Å². The minimum Gasteiger partial charge on any atom is -0.353 e. The molecule has 0 radical (unpaired) electrons. The third kappa shape index (κ3) is 3.03. The Morgan fingerprint density at radius 2 is 1.61 bits per heavy atom. The van der Waals surface area contributed by atoms with Gasteiger partial charge in [0.25, 0.3) is 0 Å². The van der Waals surface area contributed by atoms with Gasteiger partial charge in [0.05, 0.1) is 0 Å².